The zero-order valence-corrected chi connectivity index (χ0v) is 19.2. The zero-order chi connectivity index (χ0) is 26.5. The maximum atomic E-state index is 13.8. The molecule has 2 N–H and O–H groups in total. The van der Waals surface area contributed by atoms with Crippen LogP contribution in [0.25, 0.3) is 0 Å². The number of halogens is 5. The number of carboxylic acids is 1. The molecule has 36 heavy (non-hydrogen) atoms. The average molecular weight is 533 g/mol. The van der Waals surface area contributed by atoms with E-state index in [-0.39, 0.29) is 6.54 Å². The summed E-state index contributed by atoms with van der Waals surface area (Å²) in [5.74, 6) is -4.61. The van der Waals surface area contributed by atoms with Gasteiger partial charge in [0, 0.05) is 12.7 Å². The Kier molecular flexibility index (Phi) is 8.43. The number of fused-ring (bicyclic) bond motifs is 1. The molecule has 2 aromatic carbocycles. The monoisotopic (exact) mass is 533 g/mol. The molecule has 0 saturated heterocycles. The quantitative estimate of drug-likeness (QED) is 0.470. The lowest BCUT2D eigenvalue weighted by Crippen LogP contribution is -2.32. The molecule has 194 valence electrons. The van der Waals surface area contributed by atoms with Crippen LogP contribution in [0, 0.1) is 11.6 Å². The molecule has 0 radical (unpaired) electrons. The fourth-order valence-electron chi connectivity index (χ4n) is 3.28. The summed E-state index contributed by atoms with van der Waals surface area (Å²) >= 11 is 0. The number of nitrogens with zero attached hydrogens (tertiary/aromatic N) is 2. The molecule has 3 aromatic rings. The molecule has 4 rings (SSSR count). The van der Waals surface area contributed by atoms with Crippen molar-refractivity contribution in [3.8, 4) is 0 Å². The van der Waals surface area contributed by atoms with Gasteiger partial charge >= 0.3 is 12.1 Å². The lowest BCUT2D eigenvalue weighted by Gasteiger charge is -2.22. The fourth-order valence-corrected chi connectivity index (χ4v) is 4.40. The number of rotatable bonds is 6. The highest BCUT2D eigenvalue weighted by molar-refractivity contribution is 7.89. The molecule has 0 fully saturated rings. The largest absolute Gasteiger partial charge is 0.490 e. The minimum atomic E-state index is -5.08. The lowest BCUT2D eigenvalue weighted by atomic mass is 10.1. The van der Waals surface area contributed by atoms with E-state index < -0.39 is 44.8 Å². The first kappa shape index (κ1) is 27.2. The van der Waals surface area contributed by atoms with Crippen LogP contribution in [-0.4, -0.2) is 48.6 Å². The number of hydrogen-bond acceptors (Lipinski definition) is 5. The van der Waals surface area contributed by atoms with Gasteiger partial charge in [-0.3, -0.25) is 4.68 Å². The van der Waals surface area contributed by atoms with Crippen LogP contribution in [0.3, 0.4) is 0 Å². The number of nitrogens with one attached hydrogen (secondary N) is 1. The van der Waals surface area contributed by atoms with E-state index in [1.165, 1.54) is 0 Å². The minimum absolute atomic E-state index is 0.131. The topological polar surface area (TPSA) is 111 Å². The second-order valence-corrected chi connectivity index (χ2v) is 9.30. The molecule has 0 saturated carbocycles. The average Bonchev–Trinajstić information content (AvgIpc) is 3.22. The van der Waals surface area contributed by atoms with E-state index in [0.717, 1.165) is 23.3 Å². The summed E-state index contributed by atoms with van der Waals surface area (Å²) in [6.07, 6.45) is -3.09. The third-order valence-corrected chi connectivity index (χ3v) is 6.38. The molecule has 14 heteroatoms. The predicted molar refractivity (Wildman–Crippen MR) is 115 cm³/mol. The van der Waals surface area contributed by atoms with Crippen molar-refractivity contribution in [2.75, 3.05) is 13.2 Å². The zero-order valence-electron chi connectivity index (χ0n) is 18.4. The number of ether oxygens (including phenoxy) is 1. The Morgan fingerprint density at radius 3 is 2.47 bits per heavy atom. The molecule has 1 atom stereocenters. The number of carbonyl (C=O) groups is 1. The molecule has 8 nitrogen and oxygen atoms in total. The van der Waals surface area contributed by atoms with Crippen molar-refractivity contribution < 1.29 is 45.0 Å². The van der Waals surface area contributed by atoms with Gasteiger partial charge in [-0.2, -0.15) is 18.3 Å². The first-order chi connectivity index (χ1) is 16.9. The second-order valence-electron chi connectivity index (χ2n) is 7.56. The van der Waals surface area contributed by atoms with Gasteiger partial charge in [-0.15, -0.1) is 0 Å². The third-order valence-electron chi connectivity index (χ3n) is 4.94. The summed E-state index contributed by atoms with van der Waals surface area (Å²) < 4.78 is 93.5. The number of alkyl halides is 3. The standard InChI is InChI=1S/C20H19F2N3O3S.C2HF3O2/c21-16-6-7-17(22)19(10-16)29(26,27)23-11-18-20-15(8-9-28-18)13-25(24-20)12-14-4-2-1-3-5-14;3-2(4,5)1(6)7/h1-7,10,13,18,23H,8-9,11-12H2;(H,6,7). The van der Waals surface area contributed by atoms with Gasteiger partial charge in [-0.25, -0.2) is 26.7 Å². The predicted octanol–water partition coefficient (Wildman–Crippen LogP) is 3.44. The van der Waals surface area contributed by atoms with Crippen molar-refractivity contribution >= 4 is 16.0 Å². The summed E-state index contributed by atoms with van der Waals surface area (Å²) in [6.45, 7) is 0.874. The molecular formula is C22H20F5N3O5S. The van der Waals surface area contributed by atoms with Gasteiger partial charge in [0.25, 0.3) is 0 Å². The molecule has 1 unspecified atom stereocenters. The molecule has 0 bridgehead atoms. The fraction of sp³-hybridized carbons (Fsp3) is 0.273. The maximum Gasteiger partial charge on any atom is 0.490 e. The van der Waals surface area contributed by atoms with Crippen molar-refractivity contribution in [1.29, 1.82) is 0 Å². The van der Waals surface area contributed by atoms with Gasteiger partial charge in [0.15, 0.2) is 0 Å². The molecule has 1 aliphatic rings. The summed E-state index contributed by atoms with van der Waals surface area (Å²) in [6, 6.07) is 12.1. The van der Waals surface area contributed by atoms with Gasteiger partial charge in [-0.1, -0.05) is 30.3 Å². The Balaban J connectivity index is 0.000000454. The van der Waals surface area contributed by atoms with Crippen LogP contribution in [0.4, 0.5) is 22.0 Å². The Bertz CT molecular complexity index is 1310. The lowest BCUT2D eigenvalue weighted by molar-refractivity contribution is -0.192. The molecule has 0 spiro atoms. The maximum absolute atomic E-state index is 13.8. The molecule has 1 aliphatic heterocycles. The van der Waals surface area contributed by atoms with Crippen molar-refractivity contribution in [2.45, 2.75) is 30.1 Å². The number of hydrogen-bond donors (Lipinski definition) is 2. The Hall–Kier alpha value is -3.36. The Morgan fingerprint density at radius 1 is 1.17 bits per heavy atom. The van der Waals surface area contributed by atoms with E-state index >= 15 is 0 Å². The summed E-state index contributed by atoms with van der Waals surface area (Å²) in [4.78, 5) is 8.16. The molecular weight excluding hydrogens is 513 g/mol. The minimum Gasteiger partial charge on any atom is -0.475 e. The number of aromatic nitrogens is 2. The number of sulfonamides is 1. The van der Waals surface area contributed by atoms with Crippen molar-refractivity contribution in [3.63, 3.8) is 0 Å². The number of aliphatic carboxylic acids is 1. The molecule has 0 aliphatic carbocycles. The molecule has 1 aromatic heterocycles. The number of carboxylic acid groups (broad SMARTS) is 1. The van der Waals surface area contributed by atoms with Crippen LogP contribution in [-0.2, 0) is 32.5 Å². The molecule has 0 amide bonds. The number of benzene rings is 2. The van der Waals surface area contributed by atoms with E-state index in [4.69, 9.17) is 14.6 Å². The van der Waals surface area contributed by atoms with Crippen LogP contribution < -0.4 is 4.72 Å². The summed E-state index contributed by atoms with van der Waals surface area (Å²) in [5, 5.41) is 11.7. The van der Waals surface area contributed by atoms with Gasteiger partial charge in [0.2, 0.25) is 10.0 Å². The Morgan fingerprint density at radius 2 is 1.83 bits per heavy atom. The third kappa shape index (κ3) is 7.08. The van der Waals surface area contributed by atoms with Crippen LogP contribution >= 0.6 is 0 Å². The highest BCUT2D eigenvalue weighted by Gasteiger charge is 2.38. The van der Waals surface area contributed by atoms with Gasteiger partial charge < -0.3 is 9.84 Å². The van der Waals surface area contributed by atoms with Crippen LogP contribution in [0.1, 0.15) is 22.9 Å². The first-order valence-electron chi connectivity index (χ1n) is 10.3. The summed E-state index contributed by atoms with van der Waals surface area (Å²) in [5.41, 5.74) is 2.72. The normalized spacial score (nSPS) is 15.5. The van der Waals surface area contributed by atoms with Gasteiger partial charge in [0.1, 0.15) is 22.6 Å². The van der Waals surface area contributed by atoms with Crippen molar-refractivity contribution in [2.24, 2.45) is 0 Å². The summed E-state index contributed by atoms with van der Waals surface area (Å²) in [7, 11) is -4.24. The van der Waals surface area contributed by atoms with E-state index in [1.54, 1.807) is 4.68 Å². The SMILES string of the molecule is O=C(O)C(F)(F)F.O=S(=O)(NCC1OCCc2cn(Cc3ccccc3)nc21)c1cc(F)ccc1F. The van der Waals surface area contributed by atoms with E-state index in [2.05, 4.69) is 9.82 Å². The highest BCUT2D eigenvalue weighted by atomic mass is 32.2. The van der Waals surface area contributed by atoms with E-state index in [1.807, 2.05) is 36.5 Å². The second kappa shape index (κ2) is 11.1. The smallest absolute Gasteiger partial charge is 0.475 e. The van der Waals surface area contributed by atoms with Gasteiger partial charge in [-0.05, 0) is 35.7 Å². The van der Waals surface area contributed by atoms with Gasteiger partial charge in [0.05, 0.1) is 18.8 Å². The van der Waals surface area contributed by atoms with E-state index in [9.17, 15) is 30.4 Å². The van der Waals surface area contributed by atoms with Crippen molar-refractivity contribution in [1.82, 2.24) is 14.5 Å². The first-order valence-corrected chi connectivity index (χ1v) is 11.8. The van der Waals surface area contributed by atoms with Crippen molar-refractivity contribution in [3.05, 3.63) is 83.2 Å². The molecule has 2 heterocycles. The van der Waals surface area contributed by atoms with Crippen LogP contribution in [0.2, 0.25) is 0 Å². The highest BCUT2D eigenvalue weighted by Crippen LogP contribution is 2.26. The van der Waals surface area contributed by atoms with Crippen LogP contribution in [0.15, 0.2) is 59.6 Å². The van der Waals surface area contributed by atoms with E-state index in [0.29, 0.717) is 31.3 Å². The Labute approximate surface area is 202 Å². The van der Waals surface area contributed by atoms with Crippen LogP contribution in [0.5, 0.6) is 0 Å².